The van der Waals surface area contributed by atoms with Crippen molar-refractivity contribution in [2.24, 2.45) is 0 Å². The number of ether oxygens (including phenoxy) is 4. The van der Waals surface area contributed by atoms with Crippen molar-refractivity contribution in [3.63, 3.8) is 0 Å². The second kappa shape index (κ2) is 14.6. The summed E-state index contributed by atoms with van der Waals surface area (Å²) in [6.07, 6.45) is 3.68. The Bertz CT molecular complexity index is 1760. The molecule has 240 valence electrons. The van der Waals surface area contributed by atoms with Gasteiger partial charge >= 0.3 is 0 Å². The third-order valence-electron chi connectivity index (χ3n) is 7.05. The van der Waals surface area contributed by atoms with Gasteiger partial charge in [0.1, 0.15) is 0 Å². The lowest BCUT2D eigenvalue weighted by Gasteiger charge is -2.23. The summed E-state index contributed by atoms with van der Waals surface area (Å²) in [4.78, 5) is 18.0. The molecular formula is C30H30Cl4N4O6S. The van der Waals surface area contributed by atoms with E-state index in [2.05, 4.69) is 33.1 Å². The minimum absolute atomic E-state index is 0.103. The second-order valence-electron chi connectivity index (χ2n) is 9.91. The van der Waals surface area contributed by atoms with Crippen LogP contribution >= 0.6 is 46.4 Å². The van der Waals surface area contributed by atoms with E-state index in [9.17, 15) is 8.42 Å². The average Bonchev–Trinajstić information content (AvgIpc) is 3.00. The molecule has 0 N–H and O–H groups in total. The van der Waals surface area contributed by atoms with Crippen molar-refractivity contribution < 1.29 is 27.4 Å². The van der Waals surface area contributed by atoms with Gasteiger partial charge in [0.2, 0.25) is 0 Å². The Kier molecular flexibility index (Phi) is 11.2. The number of hydrogen-bond acceptors (Lipinski definition) is 10. The van der Waals surface area contributed by atoms with Crippen LogP contribution in [-0.2, 0) is 9.84 Å². The summed E-state index contributed by atoms with van der Waals surface area (Å²) in [6.45, 7) is 7.68. The minimum Gasteiger partial charge on any atom is -0.477 e. The van der Waals surface area contributed by atoms with E-state index < -0.39 is 21.7 Å². The van der Waals surface area contributed by atoms with E-state index in [1.54, 1.807) is 12.2 Å². The van der Waals surface area contributed by atoms with Crippen molar-refractivity contribution in [3.8, 4) is 23.5 Å². The summed E-state index contributed by atoms with van der Waals surface area (Å²) in [7, 11) is 1.81. The lowest BCUT2D eigenvalue weighted by atomic mass is 9.95. The normalized spacial score (nSPS) is 13.0. The van der Waals surface area contributed by atoms with Crippen molar-refractivity contribution in [3.05, 3.63) is 68.7 Å². The molecule has 0 amide bonds. The lowest BCUT2D eigenvalue weighted by molar-refractivity contribution is 0.334. The highest BCUT2D eigenvalue weighted by Gasteiger charge is 2.31. The summed E-state index contributed by atoms with van der Waals surface area (Å²) in [5.74, 6) is -1.59. The molecule has 0 aliphatic carbocycles. The van der Waals surface area contributed by atoms with E-state index in [1.165, 1.54) is 40.6 Å². The highest BCUT2D eigenvalue weighted by molar-refractivity contribution is 7.91. The lowest BCUT2D eigenvalue weighted by Crippen LogP contribution is -2.23. The summed E-state index contributed by atoms with van der Waals surface area (Å²) >= 11 is 26.5. The Balaban J connectivity index is 1.84. The van der Waals surface area contributed by atoms with Gasteiger partial charge < -0.3 is 18.9 Å². The first kappa shape index (κ1) is 34.8. The number of benzene rings is 2. The van der Waals surface area contributed by atoms with Crippen molar-refractivity contribution in [2.45, 2.75) is 24.7 Å². The number of fused-ring (bicyclic) bond motifs is 2. The number of halogens is 4. The Labute approximate surface area is 281 Å². The maximum atomic E-state index is 14.1. The van der Waals surface area contributed by atoms with E-state index in [-0.39, 0.29) is 68.0 Å². The molecule has 0 aliphatic heterocycles. The molecule has 4 rings (SSSR count). The quantitative estimate of drug-likeness (QED) is 0.120. The van der Waals surface area contributed by atoms with Crippen LogP contribution in [0.2, 0.25) is 20.1 Å². The SMILES string of the molecule is C=CCC(CS(=O)(=O)CC(CC=C)c1c(Cl)c(Cl)cc2nc(OC)c(OC)nc12)c1c(Cl)c(Cl)cc2nc(OC)c(OC)nc12. The number of rotatable bonds is 14. The van der Waals surface area contributed by atoms with Gasteiger partial charge in [0.25, 0.3) is 23.5 Å². The van der Waals surface area contributed by atoms with Crippen LogP contribution in [-0.4, -0.2) is 68.3 Å². The molecule has 2 unspecified atom stereocenters. The molecule has 0 fully saturated rings. The van der Waals surface area contributed by atoms with Gasteiger partial charge in [0.15, 0.2) is 9.84 Å². The molecule has 2 aromatic carbocycles. The van der Waals surface area contributed by atoms with Crippen LogP contribution in [0.25, 0.3) is 22.1 Å². The van der Waals surface area contributed by atoms with Gasteiger partial charge in [-0.2, -0.15) is 0 Å². The van der Waals surface area contributed by atoms with Crippen LogP contribution < -0.4 is 18.9 Å². The van der Waals surface area contributed by atoms with Gasteiger partial charge in [-0.15, -0.1) is 13.2 Å². The highest BCUT2D eigenvalue weighted by atomic mass is 35.5. The third-order valence-corrected chi connectivity index (χ3v) is 10.5. The molecule has 4 aromatic rings. The van der Waals surface area contributed by atoms with Gasteiger partial charge in [-0.25, -0.2) is 28.4 Å². The first-order valence-electron chi connectivity index (χ1n) is 13.4. The molecule has 2 heterocycles. The Hall–Kier alpha value is -3.09. The van der Waals surface area contributed by atoms with Crippen LogP contribution in [0.15, 0.2) is 37.4 Å². The number of allylic oxidation sites excluding steroid dienone is 2. The van der Waals surface area contributed by atoms with Crippen molar-refractivity contribution in [1.82, 2.24) is 19.9 Å². The van der Waals surface area contributed by atoms with E-state index in [0.29, 0.717) is 33.2 Å². The van der Waals surface area contributed by atoms with Crippen molar-refractivity contribution in [2.75, 3.05) is 39.9 Å². The second-order valence-corrected chi connectivity index (χ2v) is 13.6. The van der Waals surface area contributed by atoms with E-state index in [4.69, 9.17) is 65.4 Å². The maximum absolute atomic E-state index is 14.1. The molecule has 0 bridgehead atoms. The van der Waals surface area contributed by atoms with Crippen LogP contribution in [0.3, 0.4) is 0 Å². The summed E-state index contributed by atoms with van der Waals surface area (Å²) in [6, 6.07) is 3.07. The van der Waals surface area contributed by atoms with Gasteiger partial charge in [-0.3, -0.25) is 0 Å². The molecule has 0 radical (unpaired) electrons. The number of hydrogen-bond donors (Lipinski definition) is 0. The van der Waals surface area contributed by atoms with E-state index in [1.807, 2.05) is 0 Å². The van der Waals surface area contributed by atoms with Crippen LogP contribution in [0.4, 0.5) is 0 Å². The van der Waals surface area contributed by atoms with Gasteiger partial charge in [0.05, 0.1) is 82.1 Å². The molecule has 0 saturated carbocycles. The van der Waals surface area contributed by atoms with Gasteiger partial charge in [-0.1, -0.05) is 58.6 Å². The van der Waals surface area contributed by atoms with Gasteiger partial charge in [-0.05, 0) is 25.0 Å². The minimum atomic E-state index is -3.88. The average molecular weight is 716 g/mol. The molecule has 0 saturated heterocycles. The molecule has 2 aromatic heterocycles. The van der Waals surface area contributed by atoms with Crippen LogP contribution in [0, 0.1) is 0 Å². The van der Waals surface area contributed by atoms with Crippen LogP contribution in [0.1, 0.15) is 35.8 Å². The fourth-order valence-corrected chi connectivity index (χ4v) is 8.14. The molecular weight excluding hydrogens is 686 g/mol. The zero-order chi connectivity index (χ0) is 33.1. The number of methoxy groups -OCH3 is 4. The van der Waals surface area contributed by atoms with Gasteiger partial charge in [0, 0.05) is 23.0 Å². The predicted molar refractivity (Wildman–Crippen MR) is 179 cm³/mol. The Morgan fingerprint density at radius 3 is 1.31 bits per heavy atom. The first-order valence-corrected chi connectivity index (χ1v) is 16.7. The van der Waals surface area contributed by atoms with E-state index >= 15 is 0 Å². The smallest absolute Gasteiger partial charge is 0.278 e. The number of sulfone groups is 1. The number of aromatic nitrogens is 4. The topological polar surface area (TPSA) is 123 Å². The monoisotopic (exact) mass is 714 g/mol. The standard InChI is InChI=1S/C30H30Cl4N4O6S/c1-7-9-15(21-23(33)17(31)11-19-25(21)37-29(43-5)27(35-19)41-3)13-45(39,40)14-16(10-8-2)22-24(34)18(32)12-20-26(22)38-30(44-6)28(36-20)42-4/h7-8,11-12,15-16H,1-2,9-10,13-14H2,3-6H3. The zero-order valence-electron chi connectivity index (χ0n) is 24.9. The van der Waals surface area contributed by atoms with Crippen LogP contribution in [0.5, 0.6) is 23.5 Å². The molecule has 0 spiro atoms. The largest absolute Gasteiger partial charge is 0.477 e. The van der Waals surface area contributed by atoms with Crippen molar-refractivity contribution in [1.29, 1.82) is 0 Å². The fraction of sp³-hybridized carbons (Fsp3) is 0.333. The third kappa shape index (κ3) is 7.18. The fourth-order valence-electron chi connectivity index (χ4n) is 5.16. The maximum Gasteiger partial charge on any atom is 0.278 e. The first-order chi connectivity index (χ1) is 21.4. The summed E-state index contributed by atoms with van der Waals surface area (Å²) in [5.41, 5.74) is 2.15. The zero-order valence-corrected chi connectivity index (χ0v) is 28.7. The molecule has 10 nitrogen and oxygen atoms in total. The summed E-state index contributed by atoms with van der Waals surface area (Å²) in [5, 5.41) is 0.653. The Morgan fingerprint density at radius 2 is 1.00 bits per heavy atom. The molecule has 15 heteroatoms. The molecule has 2 atom stereocenters. The Morgan fingerprint density at radius 1 is 0.667 bits per heavy atom. The number of nitrogens with zero attached hydrogens (tertiary/aromatic N) is 4. The molecule has 45 heavy (non-hydrogen) atoms. The van der Waals surface area contributed by atoms with Crippen molar-refractivity contribution >= 4 is 78.3 Å². The molecule has 0 aliphatic rings. The highest BCUT2D eigenvalue weighted by Crippen LogP contribution is 2.43. The van der Waals surface area contributed by atoms with E-state index in [0.717, 1.165) is 0 Å². The predicted octanol–water partition coefficient (Wildman–Crippen LogP) is 7.66. The summed E-state index contributed by atoms with van der Waals surface area (Å²) < 4.78 is 49.4.